The number of para-hydroxylation sites is 1. The van der Waals surface area contributed by atoms with E-state index in [1.54, 1.807) is 11.1 Å². The maximum absolute atomic E-state index is 8.48. The monoisotopic (exact) mass is 177 g/mol. The van der Waals surface area contributed by atoms with Gasteiger partial charge >= 0.3 is 0 Å². The maximum Gasteiger partial charge on any atom is 0.152 e. The summed E-state index contributed by atoms with van der Waals surface area (Å²) in [4.78, 5) is 5.48. The number of aliphatic hydroxyl groups excluding tert-OH is 1. The van der Waals surface area contributed by atoms with Gasteiger partial charge in [0, 0.05) is 5.56 Å². The van der Waals surface area contributed by atoms with Gasteiger partial charge in [-0.15, -0.1) is 5.06 Å². The van der Waals surface area contributed by atoms with Crippen LogP contribution in [0.15, 0.2) is 36.6 Å². The van der Waals surface area contributed by atoms with Crippen LogP contribution in [0, 0.1) is 0 Å². The van der Waals surface area contributed by atoms with Crippen molar-refractivity contribution >= 4 is 0 Å². The van der Waals surface area contributed by atoms with E-state index in [9.17, 15) is 0 Å². The molecule has 0 amide bonds. The Morgan fingerprint density at radius 2 is 2.31 bits per heavy atom. The van der Waals surface area contributed by atoms with Gasteiger partial charge in [0.05, 0.1) is 19.4 Å². The Morgan fingerprint density at radius 1 is 1.46 bits per heavy atom. The quantitative estimate of drug-likeness (QED) is 0.700. The summed E-state index contributed by atoms with van der Waals surface area (Å²) in [5.74, 6) is 0.911. The molecule has 0 bridgehead atoms. The normalized spacial score (nSPS) is 16.0. The second-order valence-electron chi connectivity index (χ2n) is 2.91. The SMILES string of the molecule is OC=CCN1Cc2ccccc2O1. The van der Waals surface area contributed by atoms with Crippen molar-refractivity contribution in [3.8, 4) is 5.75 Å². The van der Waals surface area contributed by atoms with Gasteiger partial charge < -0.3 is 9.94 Å². The van der Waals surface area contributed by atoms with Crippen molar-refractivity contribution < 1.29 is 9.94 Å². The highest BCUT2D eigenvalue weighted by Crippen LogP contribution is 2.26. The Morgan fingerprint density at radius 3 is 3.08 bits per heavy atom. The van der Waals surface area contributed by atoms with Gasteiger partial charge in [-0.2, -0.15) is 0 Å². The van der Waals surface area contributed by atoms with Crippen molar-refractivity contribution in [2.45, 2.75) is 6.54 Å². The van der Waals surface area contributed by atoms with E-state index < -0.39 is 0 Å². The number of nitrogens with zero attached hydrogens (tertiary/aromatic N) is 1. The lowest BCUT2D eigenvalue weighted by Gasteiger charge is -2.10. The first kappa shape index (κ1) is 8.13. The molecule has 0 spiro atoms. The highest BCUT2D eigenvalue weighted by Gasteiger charge is 2.18. The minimum Gasteiger partial charge on any atom is -0.516 e. The van der Waals surface area contributed by atoms with E-state index >= 15 is 0 Å². The maximum atomic E-state index is 8.48. The Bertz CT molecular complexity index is 297. The first-order chi connectivity index (χ1) is 6.40. The van der Waals surface area contributed by atoms with Crippen molar-refractivity contribution in [3.05, 3.63) is 42.2 Å². The summed E-state index contributed by atoms with van der Waals surface area (Å²) in [6.45, 7) is 1.38. The molecule has 1 aromatic carbocycles. The fourth-order valence-corrected chi connectivity index (χ4v) is 1.35. The summed E-state index contributed by atoms with van der Waals surface area (Å²) in [5.41, 5.74) is 1.19. The summed E-state index contributed by atoms with van der Waals surface area (Å²) in [6.07, 6.45) is 2.68. The van der Waals surface area contributed by atoms with Crippen molar-refractivity contribution in [2.75, 3.05) is 6.54 Å². The van der Waals surface area contributed by atoms with Crippen LogP contribution in [0.5, 0.6) is 5.75 Å². The molecule has 3 nitrogen and oxygen atoms in total. The molecule has 0 atom stereocenters. The molecule has 0 radical (unpaired) electrons. The topological polar surface area (TPSA) is 32.7 Å². The zero-order valence-corrected chi connectivity index (χ0v) is 7.18. The first-order valence-electron chi connectivity index (χ1n) is 4.20. The molecular formula is C10H11NO2. The van der Waals surface area contributed by atoms with E-state index in [-0.39, 0.29) is 0 Å². The summed E-state index contributed by atoms with van der Waals surface area (Å²) in [6, 6.07) is 7.92. The van der Waals surface area contributed by atoms with Crippen molar-refractivity contribution in [1.29, 1.82) is 0 Å². The number of benzene rings is 1. The molecule has 1 aliphatic rings. The predicted octanol–water partition coefficient (Wildman–Crippen LogP) is 1.87. The summed E-state index contributed by atoms with van der Waals surface area (Å²) in [7, 11) is 0. The lowest BCUT2D eigenvalue weighted by atomic mass is 10.2. The smallest absolute Gasteiger partial charge is 0.152 e. The second-order valence-corrected chi connectivity index (χ2v) is 2.91. The lowest BCUT2D eigenvalue weighted by molar-refractivity contribution is -0.0309. The van der Waals surface area contributed by atoms with Crippen LogP contribution in [0.1, 0.15) is 5.56 Å². The van der Waals surface area contributed by atoms with Crippen LogP contribution in [0.2, 0.25) is 0 Å². The molecule has 0 saturated heterocycles. The number of rotatable bonds is 2. The van der Waals surface area contributed by atoms with Gasteiger partial charge in [0.2, 0.25) is 0 Å². The Hall–Kier alpha value is -1.48. The Balaban J connectivity index is 2.05. The van der Waals surface area contributed by atoms with Gasteiger partial charge in [0.25, 0.3) is 0 Å². The fourth-order valence-electron chi connectivity index (χ4n) is 1.35. The van der Waals surface area contributed by atoms with Crippen LogP contribution in [-0.4, -0.2) is 16.7 Å². The summed E-state index contributed by atoms with van der Waals surface area (Å²) >= 11 is 0. The van der Waals surface area contributed by atoms with Gasteiger partial charge in [0.15, 0.2) is 5.75 Å². The van der Waals surface area contributed by atoms with E-state index in [1.807, 2.05) is 24.3 Å². The van der Waals surface area contributed by atoms with E-state index in [1.165, 1.54) is 5.56 Å². The molecule has 1 N–H and O–H groups in total. The van der Waals surface area contributed by atoms with Crippen molar-refractivity contribution in [2.24, 2.45) is 0 Å². The highest BCUT2D eigenvalue weighted by molar-refractivity contribution is 5.35. The third kappa shape index (κ3) is 1.65. The fraction of sp³-hybridized carbons (Fsp3) is 0.200. The molecule has 0 aliphatic carbocycles. The molecule has 0 aromatic heterocycles. The van der Waals surface area contributed by atoms with E-state index in [0.717, 1.165) is 18.6 Å². The van der Waals surface area contributed by atoms with Gasteiger partial charge in [-0.05, 0) is 12.1 Å². The summed E-state index contributed by atoms with van der Waals surface area (Å²) < 4.78 is 0. The minimum atomic E-state index is 0.602. The largest absolute Gasteiger partial charge is 0.516 e. The van der Waals surface area contributed by atoms with Gasteiger partial charge in [0.1, 0.15) is 0 Å². The molecular weight excluding hydrogens is 166 g/mol. The van der Waals surface area contributed by atoms with Crippen LogP contribution in [-0.2, 0) is 6.54 Å². The standard InChI is InChI=1S/C10H11NO2/c12-7-3-6-11-8-9-4-1-2-5-10(9)13-11/h1-5,7,12H,6,8H2. The predicted molar refractivity (Wildman–Crippen MR) is 49.2 cm³/mol. The van der Waals surface area contributed by atoms with E-state index in [4.69, 9.17) is 9.94 Å². The minimum absolute atomic E-state index is 0.602. The van der Waals surface area contributed by atoms with E-state index in [2.05, 4.69) is 0 Å². The molecule has 0 fully saturated rings. The van der Waals surface area contributed by atoms with Gasteiger partial charge in [-0.3, -0.25) is 0 Å². The average Bonchev–Trinajstić information content (AvgIpc) is 2.57. The van der Waals surface area contributed by atoms with Crippen LogP contribution in [0.4, 0.5) is 0 Å². The number of fused-ring (bicyclic) bond motifs is 1. The average molecular weight is 177 g/mol. The Labute approximate surface area is 76.8 Å². The molecule has 2 rings (SSSR count). The Kier molecular flexibility index (Phi) is 2.19. The zero-order chi connectivity index (χ0) is 9.10. The molecule has 3 heteroatoms. The van der Waals surface area contributed by atoms with Gasteiger partial charge in [-0.1, -0.05) is 18.2 Å². The molecule has 13 heavy (non-hydrogen) atoms. The molecule has 1 aromatic rings. The lowest BCUT2D eigenvalue weighted by Crippen LogP contribution is -2.20. The first-order valence-corrected chi connectivity index (χ1v) is 4.20. The summed E-state index contributed by atoms with van der Waals surface area (Å²) in [5, 5.41) is 10.3. The number of hydrogen-bond donors (Lipinski definition) is 1. The number of hydroxylamine groups is 2. The van der Waals surface area contributed by atoms with Crippen LogP contribution >= 0.6 is 0 Å². The molecule has 0 saturated carbocycles. The molecule has 68 valence electrons. The number of aliphatic hydroxyl groups is 1. The van der Waals surface area contributed by atoms with Crippen molar-refractivity contribution in [1.82, 2.24) is 5.06 Å². The highest BCUT2D eigenvalue weighted by atomic mass is 16.7. The van der Waals surface area contributed by atoms with Crippen LogP contribution in [0.3, 0.4) is 0 Å². The third-order valence-corrected chi connectivity index (χ3v) is 1.96. The number of hydrogen-bond acceptors (Lipinski definition) is 3. The second kappa shape index (κ2) is 3.49. The van der Waals surface area contributed by atoms with Crippen LogP contribution in [0.25, 0.3) is 0 Å². The van der Waals surface area contributed by atoms with Crippen molar-refractivity contribution in [3.63, 3.8) is 0 Å². The molecule has 1 aliphatic heterocycles. The van der Waals surface area contributed by atoms with Gasteiger partial charge in [-0.25, -0.2) is 0 Å². The molecule has 1 heterocycles. The molecule has 0 unspecified atom stereocenters. The zero-order valence-electron chi connectivity index (χ0n) is 7.18. The van der Waals surface area contributed by atoms with Crippen LogP contribution < -0.4 is 4.84 Å². The van der Waals surface area contributed by atoms with E-state index in [0.29, 0.717) is 6.54 Å². The third-order valence-electron chi connectivity index (χ3n) is 1.96.